The third-order valence-corrected chi connectivity index (χ3v) is 5.03. The van der Waals surface area contributed by atoms with Crippen molar-refractivity contribution in [2.75, 3.05) is 30.4 Å². The van der Waals surface area contributed by atoms with Crippen LogP contribution >= 0.6 is 11.3 Å². The van der Waals surface area contributed by atoms with E-state index in [1.807, 2.05) is 60.6 Å². The quantitative estimate of drug-likeness (QED) is 0.929. The number of fused-ring (bicyclic) bond motifs is 1. The van der Waals surface area contributed by atoms with Gasteiger partial charge in [-0.15, -0.1) is 11.3 Å². The summed E-state index contributed by atoms with van der Waals surface area (Å²) < 4.78 is 0. The van der Waals surface area contributed by atoms with Crippen LogP contribution in [0.1, 0.15) is 11.8 Å². The van der Waals surface area contributed by atoms with Crippen LogP contribution in [0.25, 0.3) is 0 Å². The van der Waals surface area contributed by atoms with E-state index in [4.69, 9.17) is 0 Å². The zero-order chi connectivity index (χ0) is 17.1. The molecule has 126 valence electrons. The van der Waals surface area contributed by atoms with Crippen LogP contribution in [0.3, 0.4) is 0 Å². The summed E-state index contributed by atoms with van der Waals surface area (Å²) >= 11 is 1.65. The largest absolute Gasteiger partial charge is 0.360 e. The van der Waals surface area contributed by atoms with Crippen LogP contribution in [0, 0.1) is 5.92 Å². The Morgan fingerprint density at radius 1 is 1.33 bits per heavy atom. The van der Waals surface area contributed by atoms with E-state index in [0.29, 0.717) is 13.1 Å². The lowest BCUT2D eigenvalue weighted by molar-refractivity contribution is -0.129. The predicted octanol–water partition coefficient (Wildman–Crippen LogP) is 2.80. The minimum Gasteiger partial charge on any atom is -0.360 e. The number of hydrogen-bond donors (Lipinski definition) is 1. The minimum absolute atomic E-state index is 0.00987. The Balaban J connectivity index is 1.75. The summed E-state index contributed by atoms with van der Waals surface area (Å²) in [5.41, 5.74) is 1.66. The second kappa shape index (κ2) is 7.05. The molecule has 3 rings (SSSR count). The molecule has 24 heavy (non-hydrogen) atoms. The normalized spacial score (nSPS) is 17.0. The second-order valence-corrected chi connectivity index (χ2v) is 7.15. The van der Waals surface area contributed by atoms with Crippen molar-refractivity contribution in [3.8, 4) is 0 Å². The molecule has 5 nitrogen and oxygen atoms in total. The molecule has 0 aliphatic carbocycles. The molecule has 2 amide bonds. The molecule has 0 fully saturated rings. The number of hydrogen-bond acceptors (Lipinski definition) is 4. The number of anilines is 2. The summed E-state index contributed by atoms with van der Waals surface area (Å²) in [6, 6.07) is 11.6. The highest BCUT2D eigenvalue weighted by molar-refractivity contribution is 7.09. The molecule has 0 saturated heterocycles. The first-order valence-corrected chi connectivity index (χ1v) is 8.83. The number of rotatable bonds is 4. The summed E-state index contributed by atoms with van der Waals surface area (Å²) in [6.07, 6.45) is 0. The Labute approximate surface area is 145 Å². The highest BCUT2D eigenvalue weighted by atomic mass is 32.1. The average Bonchev–Trinajstić information content (AvgIpc) is 3.03. The van der Waals surface area contributed by atoms with Gasteiger partial charge in [0.05, 0.1) is 30.4 Å². The fraction of sp³-hybridized carbons (Fsp3) is 0.333. The Bertz CT molecular complexity index is 730. The van der Waals surface area contributed by atoms with Crippen molar-refractivity contribution in [3.63, 3.8) is 0 Å². The van der Waals surface area contributed by atoms with Crippen LogP contribution in [0.15, 0.2) is 41.8 Å². The lowest BCUT2D eigenvalue weighted by Crippen LogP contribution is -2.40. The molecule has 1 atom stereocenters. The molecule has 1 unspecified atom stereocenters. The van der Waals surface area contributed by atoms with E-state index in [1.54, 1.807) is 16.2 Å². The summed E-state index contributed by atoms with van der Waals surface area (Å²) in [6.45, 7) is 3.28. The Hall–Kier alpha value is -2.34. The number of likely N-dealkylation sites (N-methyl/N-ethyl adjacent to an activating group) is 1. The SMILES string of the molecule is CC1CN(CC(=O)N(C)Cc2cccs2)c2ccccc2NC1=O. The molecule has 0 spiro atoms. The summed E-state index contributed by atoms with van der Waals surface area (Å²) in [5.74, 6) is -0.142. The first-order valence-electron chi connectivity index (χ1n) is 7.96. The number of amides is 2. The first-order chi connectivity index (χ1) is 11.5. The van der Waals surface area contributed by atoms with E-state index < -0.39 is 0 Å². The van der Waals surface area contributed by atoms with E-state index in [0.717, 1.165) is 16.3 Å². The molecular weight excluding hydrogens is 322 g/mol. The molecule has 1 aliphatic heterocycles. The minimum atomic E-state index is -0.173. The molecule has 0 bridgehead atoms. The highest BCUT2D eigenvalue weighted by Crippen LogP contribution is 2.29. The second-order valence-electron chi connectivity index (χ2n) is 6.12. The monoisotopic (exact) mass is 343 g/mol. The van der Waals surface area contributed by atoms with Gasteiger partial charge in [0, 0.05) is 18.5 Å². The zero-order valence-electron chi connectivity index (χ0n) is 13.9. The van der Waals surface area contributed by atoms with E-state index >= 15 is 0 Å². The van der Waals surface area contributed by atoms with Gasteiger partial charge in [-0.05, 0) is 23.6 Å². The molecule has 0 radical (unpaired) electrons. The molecule has 1 aromatic heterocycles. The molecule has 1 N–H and O–H groups in total. The molecule has 1 aliphatic rings. The number of carbonyl (C=O) groups is 2. The third kappa shape index (κ3) is 3.59. The van der Waals surface area contributed by atoms with Crippen molar-refractivity contribution in [1.82, 2.24) is 4.90 Å². The highest BCUT2D eigenvalue weighted by Gasteiger charge is 2.26. The van der Waals surface area contributed by atoms with Gasteiger partial charge >= 0.3 is 0 Å². The van der Waals surface area contributed by atoms with E-state index in [-0.39, 0.29) is 24.3 Å². The molecule has 0 saturated carbocycles. The molecule has 2 heterocycles. The van der Waals surface area contributed by atoms with Gasteiger partial charge in [0.2, 0.25) is 11.8 Å². The van der Waals surface area contributed by atoms with Gasteiger partial charge in [0.1, 0.15) is 0 Å². The summed E-state index contributed by atoms with van der Waals surface area (Å²) in [7, 11) is 1.82. The fourth-order valence-electron chi connectivity index (χ4n) is 2.78. The maximum atomic E-state index is 12.6. The number of benzene rings is 1. The van der Waals surface area contributed by atoms with Gasteiger partial charge in [-0.2, -0.15) is 0 Å². The van der Waals surface area contributed by atoms with Gasteiger partial charge in [-0.1, -0.05) is 25.1 Å². The number of carbonyl (C=O) groups excluding carboxylic acids is 2. The lowest BCUT2D eigenvalue weighted by Gasteiger charge is -2.27. The zero-order valence-corrected chi connectivity index (χ0v) is 14.7. The third-order valence-electron chi connectivity index (χ3n) is 4.17. The Morgan fingerprint density at radius 2 is 2.12 bits per heavy atom. The van der Waals surface area contributed by atoms with Crippen LogP contribution in [-0.4, -0.2) is 36.9 Å². The van der Waals surface area contributed by atoms with Crippen LogP contribution in [-0.2, 0) is 16.1 Å². The van der Waals surface area contributed by atoms with Crippen LogP contribution < -0.4 is 10.2 Å². The van der Waals surface area contributed by atoms with E-state index in [2.05, 4.69) is 5.32 Å². The summed E-state index contributed by atoms with van der Waals surface area (Å²) in [4.78, 5) is 29.6. The predicted molar refractivity (Wildman–Crippen MR) is 97.2 cm³/mol. The van der Waals surface area contributed by atoms with Crippen LogP contribution in [0.2, 0.25) is 0 Å². The van der Waals surface area contributed by atoms with Gasteiger partial charge < -0.3 is 15.1 Å². The molecular formula is C18H21N3O2S. The summed E-state index contributed by atoms with van der Waals surface area (Å²) in [5, 5.41) is 4.95. The van der Waals surface area contributed by atoms with Crippen molar-refractivity contribution in [2.45, 2.75) is 13.5 Å². The van der Waals surface area contributed by atoms with Crippen molar-refractivity contribution < 1.29 is 9.59 Å². The Morgan fingerprint density at radius 3 is 2.88 bits per heavy atom. The van der Waals surface area contributed by atoms with Crippen molar-refractivity contribution >= 4 is 34.5 Å². The molecule has 6 heteroatoms. The number of para-hydroxylation sites is 2. The maximum Gasteiger partial charge on any atom is 0.242 e. The Kier molecular flexibility index (Phi) is 4.85. The van der Waals surface area contributed by atoms with Crippen molar-refractivity contribution in [1.29, 1.82) is 0 Å². The average molecular weight is 343 g/mol. The van der Waals surface area contributed by atoms with E-state index in [9.17, 15) is 9.59 Å². The van der Waals surface area contributed by atoms with Gasteiger partial charge in [-0.3, -0.25) is 9.59 Å². The van der Waals surface area contributed by atoms with Crippen LogP contribution in [0.4, 0.5) is 11.4 Å². The fourth-order valence-corrected chi connectivity index (χ4v) is 3.54. The number of nitrogens with one attached hydrogen (secondary N) is 1. The maximum absolute atomic E-state index is 12.6. The van der Waals surface area contributed by atoms with Crippen LogP contribution in [0.5, 0.6) is 0 Å². The topological polar surface area (TPSA) is 52.7 Å². The smallest absolute Gasteiger partial charge is 0.242 e. The first kappa shape index (κ1) is 16.5. The van der Waals surface area contributed by atoms with Gasteiger partial charge in [0.25, 0.3) is 0 Å². The molecule has 1 aromatic carbocycles. The number of thiophene rings is 1. The van der Waals surface area contributed by atoms with Crippen molar-refractivity contribution in [2.24, 2.45) is 5.92 Å². The standard InChI is InChI=1S/C18H21N3O2S/c1-13-10-21(16-8-4-3-7-15(16)19-18(13)23)12-17(22)20(2)11-14-6-5-9-24-14/h3-9,13H,10-12H2,1-2H3,(H,19,23). The number of nitrogens with zero attached hydrogens (tertiary/aromatic N) is 2. The van der Waals surface area contributed by atoms with E-state index in [1.165, 1.54) is 0 Å². The molecule has 2 aromatic rings. The van der Waals surface area contributed by atoms with Crippen molar-refractivity contribution in [3.05, 3.63) is 46.7 Å². The van der Waals surface area contributed by atoms with Gasteiger partial charge in [-0.25, -0.2) is 0 Å². The lowest BCUT2D eigenvalue weighted by atomic mass is 10.1. The van der Waals surface area contributed by atoms with Gasteiger partial charge in [0.15, 0.2) is 0 Å².